The van der Waals surface area contributed by atoms with Crippen LogP contribution in [0, 0.1) is 0 Å². The minimum Gasteiger partial charge on any atom is -0.735 e. The molecule has 0 bridgehead atoms. The molecule has 0 amide bonds. The standard InChI is InChI=1S/C9H21NO3S.Na/c1-2-3-4-5-6-7-8-9-10-14(11,12)13;/h10H,2-9H2,1H3,(H,11,12,13);/q;+1/p-1. The van der Waals surface area contributed by atoms with Crippen LogP contribution in [0.3, 0.4) is 0 Å². The average molecular weight is 245 g/mol. The van der Waals surface area contributed by atoms with E-state index in [0.29, 0.717) is 0 Å². The van der Waals surface area contributed by atoms with Crippen molar-refractivity contribution in [1.82, 2.24) is 4.72 Å². The zero-order valence-electron chi connectivity index (χ0n) is 9.79. The van der Waals surface area contributed by atoms with Gasteiger partial charge in [0.25, 0.3) is 0 Å². The summed E-state index contributed by atoms with van der Waals surface area (Å²) in [5.41, 5.74) is 0. The van der Waals surface area contributed by atoms with Crippen LogP contribution in [0.15, 0.2) is 0 Å². The molecule has 0 aliphatic heterocycles. The third-order valence-electron chi connectivity index (χ3n) is 2.06. The van der Waals surface area contributed by atoms with E-state index in [1.165, 1.54) is 25.7 Å². The van der Waals surface area contributed by atoms with Crippen LogP contribution in [0.25, 0.3) is 0 Å². The van der Waals surface area contributed by atoms with Crippen molar-refractivity contribution in [1.29, 1.82) is 0 Å². The first-order chi connectivity index (χ1) is 6.56. The van der Waals surface area contributed by atoms with Crippen molar-refractivity contribution in [2.75, 3.05) is 6.54 Å². The van der Waals surface area contributed by atoms with E-state index < -0.39 is 10.3 Å². The van der Waals surface area contributed by atoms with Crippen molar-refractivity contribution < 1.29 is 42.5 Å². The Balaban J connectivity index is 0. The molecule has 0 rings (SSSR count). The van der Waals surface area contributed by atoms with Gasteiger partial charge in [-0.1, -0.05) is 45.4 Å². The quantitative estimate of drug-likeness (QED) is 0.315. The third-order valence-corrected chi connectivity index (χ3v) is 2.62. The maximum Gasteiger partial charge on any atom is 1.00 e. The molecule has 86 valence electrons. The molecule has 0 unspecified atom stereocenters. The fraction of sp³-hybridized carbons (Fsp3) is 1.00. The minimum atomic E-state index is -4.23. The van der Waals surface area contributed by atoms with Gasteiger partial charge in [-0.2, -0.15) is 0 Å². The number of hydrogen-bond acceptors (Lipinski definition) is 3. The summed E-state index contributed by atoms with van der Waals surface area (Å²) in [6.07, 6.45) is 7.84. The van der Waals surface area contributed by atoms with Crippen molar-refractivity contribution in [3.63, 3.8) is 0 Å². The fourth-order valence-electron chi connectivity index (χ4n) is 1.28. The Morgan fingerprint density at radius 1 is 1.00 bits per heavy atom. The van der Waals surface area contributed by atoms with Gasteiger partial charge in [0.1, 0.15) is 0 Å². The minimum absolute atomic E-state index is 0. The van der Waals surface area contributed by atoms with Crippen LogP contribution in [-0.4, -0.2) is 19.5 Å². The molecule has 0 radical (unpaired) electrons. The van der Waals surface area contributed by atoms with Gasteiger partial charge in [-0.05, 0) is 6.42 Å². The molecule has 0 aromatic rings. The van der Waals surface area contributed by atoms with Crippen LogP contribution < -0.4 is 34.3 Å². The molecule has 0 aliphatic rings. The second-order valence-electron chi connectivity index (χ2n) is 3.47. The summed E-state index contributed by atoms with van der Waals surface area (Å²) in [5, 5.41) is 0. The van der Waals surface area contributed by atoms with E-state index >= 15 is 0 Å². The molecule has 0 fully saturated rings. The molecule has 0 aromatic carbocycles. The van der Waals surface area contributed by atoms with Gasteiger partial charge >= 0.3 is 29.6 Å². The summed E-state index contributed by atoms with van der Waals surface area (Å²) in [6.45, 7) is 2.45. The van der Waals surface area contributed by atoms with Gasteiger partial charge in [0, 0.05) is 6.54 Å². The average Bonchev–Trinajstić information content (AvgIpc) is 2.08. The Kier molecular flexibility index (Phi) is 13.8. The molecule has 0 saturated carbocycles. The van der Waals surface area contributed by atoms with Gasteiger partial charge in [0.2, 0.25) is 0 Å². The zero-order valence-corrected chi connectivity index (χ0v) is 12.6. The first kappa shape index (κ1) is 18.2. The number of hydrogen-bond donors (Lipinski definition) is 1. The van der Waals surface area contributed by atoms with Crippen molar-refractivity contribution in [2.45, 2.75) is 51.9 Å². The van der Waals surface area contributed by atoms with Crippen LogP contribution in [0.5, 0.6) is 0 Å². The molecule has 0 aliphatic carbocycles. The van der Waals surface area contributed by atoms with Gasteiger partial charge in [-0.15, -0.1) is 0 Å². The Bertz CT molecular complexity index is 219. The summed E-state index contributed by atoms with van der Waals surface area (Å²) in [6, 6.07) is 0. The second kappa shape index (κ2) is 11.4. The monoisotopic (exact) mass is 245 g/mol. The van der Waals surface area contributed by atoms with Gasteiger partial charge in [-0.25, -0.2) is 13.1 Å². The molecular formula is C9H20NNaO3S. The van der Waals surface area contributed by atoms with E-state index in [-0.39, 0.29) is 36.1 Å². The van der Waals surface area contributed by atoms with E-state index in [1.54, 1.807) is 0 Å². The fourth-order valence-corrected chi connectivity index (χ4v) is 1.67. The van der Waals surface area contributed by atoms with E-state index in [2.05, 4.69) is 6.92 Å². The topological polar surface area (TPSA) is 69.2 Å². The summed E-state index contributed by atoms with van der Waals surface area (Å²) in [7, 11) is -4.23. The van der Waals surface area contributed by atoms with Crippen LogP contribution in [0.1, 0.15) is 51.9 Å². The van der Waals surface area contributed by atoms with Crippen LogP contribution in [-0.2, 0) is 10.3 Å². The van der Waals surface area contributed by atoms with Crippen molar-refractivity contribution in [2.24, 2.45) is 0 Å². The van der Waals surface area contributed by atoms with Gasteiger partial charge in [0.05, 0.1) is 0 Å². The number of nitrogens with one attached hydrogen (secondary N) is 1. The molecule has 15 heavy (non-hydrogen) atoms. The predicted octanol–water partition coefficient (Wildman–Crippen LogP) is -1.21. The second-order valence-corrected chi connectivity index (χ2v) is 4.67. The normalized spacial score (nSPS) is 11.1. The maximum absolute atomic E-state index is 10.1. The number of rotatable bonds is 9. The maximum atomic E-state index is 10.1. The molecule has 0 heterocycles. The van der Waals surface area contributed by atoms with Crippen LogP contribution in [0.2, 0.25) is 0 Å². The molecule has 0 spiro atoms. The first-order valence-electron chi connectivity index (χ1n) is 5.26. The molecule has 6 heteroatoms. The summed E-state index contributed by atoms with van der Waals surface area (Å²) in [5.74, 6) is 0. The van der Waals surface area contributed by atoms with Gasteiger partial charge in [-0.3, -0.25) is 0 Å². The molecule has 4 nitrogen and oxygen atoms in total. The largest absolute Gasteiger partial charge is 1.00 e. The third kappa shape index (κ3) is 17.5. The molecule has 1 N–H and O–H groups in total. The summed E-state index contributed by atoms with van der Waals surface area (Å²) in [4.78, 5) is 0. The van der Waals surface area contributed by atoms with Crippen molar-refractivity contribution in [3.8, 4) is 0 Å². The van der Waals surface area contributed by atoms with Crippen LogP contribution in [0.4, 0.5) is 0 Å². The molecule has 0 aromatic heterocycles. The predicted molar refractivity (Wildman–Crippen MR) is 55.7 cm³/mol. The molecule has 0 saturated heterocycles. The smallest absolute Gasteiger partial charge is 0.735 e. The van der Waals surface area contributed by atoms with Gasteiger partial charge in [0.15, 0.2) is 10.3 Å². The summed E-state index contributed by atoms with van der Waals surface area (Å²) >= 11 is 0. The van der Waals surface area contributed by atoms with E-state index in [4.69, 9.17) is 0 Å². The van der Waals surface area contributed by atoms with Gasteiger partial charge < -0.3 is 4.55 Å². The Morgan fingerprint density at radius 2 is 1.47 bits per heavy atom. The number of unbranched alkanes of at least 4 members (excludes halogenated alkanes) is 6. The Morgan fingerprint density at radius 3 is 1.93 bits per heavy atom. The van der Waals surface area contributed by atoms with E-state index in [0.717, 1.165) is 19.3 Å². The van der Waals surface area contributed by atoms with E-state index in [1.807, 2.05) is 4.72 Å². The van der Waals surface area contributed by atoms with Crippen LogP contribution >= 0.6 is 0 Å². The molecule has 0 atom stereocenters. The zero-order chi connectivity index (χ0) is 10.9. The Labute approximate surface area is 115 Å². The van der Waals surface area contributed by atoms with Crippen molar-refractivity contribution >= 4 is 10.3 Å². The first-order valence-corrected chi connectivity index (χ1v) is 6.67. The van der Waals surface area contributed by atoms with Crippen molar-refractivity contribution in [3.05, 3.63) is 0 Å². The summed E-state index contributed by atoms with van der Waals surface area (Å²) < 4.78 is 32.4. The van der Waals surface area contributed by atoms with E-state index in [9.17, 15) is 13.0 Å². The molecular weight excluding hydrogens is 225 g/mol. The Hall–Kier alpha value is 0.870. The SMILES string of the molecule is CCCCCCCCCNS(=O)(=O)[O-].[Na+].